The molecule has 1 unspecified atom stereocenters. The third-order valence-electron chi connectivity index (χ3n) is 2.67. The highest BCUT2D eigenvalue weighted by atomic mass is 35.5. The molecule has 1 aromatic carbocycles. The van der Waals surface area contributed by atoms with E-state index >= 15 is 0 Å². The first-order valence-corrected chi connectivity index (χ1v) is 6.20. The molecule has 0 aromatic heterocycles. The lowest BCUT2D eigenvalue weighted by molar-refractivity contribution is 0.426. The first kappa shape index (κ1) is 12.6. The summed E-state index contributed by atoms with van der Waals surface area (Å²) < 4.78 is 0. The van der Waals surface area contributed by atoms with E-state index in [0.717, 1.165) is 19.3 Å². The maximum atomic E-state index is 6.76. The molecule has 1 rings (SSSR count). The van der Waals surface area contributed by atoms with Gasteiger partial charge < -0.3 is 0 Å². The van der Waals surface area contributed by atoms with Crippen LogP contribution in [0, 0.1) is 5.92 Å². The molecular weight excluding hydrogens is 204 g/mol. The van der Waals surface area contributed by atoms with Crippen molar-refractivity contribution in [3.8, 4) is 0 Å². The van der Waals surface area contributed by atoms with E-state index in [-0.39, 0.29) is 4.87 Å². The summed E-state index contributed by atoms with van der Waals surface area (Å²) in [5.74, 6) is 0.634. The van der Waals surface area contributed by atoms with Gasteiger partial charge in [-0.15, -0.1) is 11.6 Å². The maximum Gasteiger partial charge on any atom is 0.0697 e. The Hall–Kier alpha value is -0.490. The van der Waals surface area contributed by atoms with Crippen LogP contribution < -0.4 is 0 Å². The minimum Gasteiger partial charge on any atom is -0.114 e. The first-order chi connectivity index (χ1) is 7.08. The fourth-order valence-corrected chi connectivity index (χ4v) is 2.77. The van der Waals surface area contributed by atoms with Gasteiger partial charge in [0.1, 0.15) is 0 Å². The van der Waals surface area contributed by atoms with Gasteiger partial charge in [-0.3, -0.25) is 0 Å². The van der Waals surface area contributed by atoms with Crippen LogP contribution in [0.5, 0.6) is 0 Å². The fraction of sp³-hybridized carbons (Fsp3) is 0.571. The number of hydrogen-bond donors (Lipinski definition) is 0. The van der Waals surface area contributed by atoms with E-state index in [2.05, 4.69) is 45.0 Å². The molecule has 0 fully saturated rings. The van der Waals surface area contributed by atoms with E-state index < -0.39 is 0 Å². The van der Waals surface area contributed by atoms with Gasteiger partial charge in [0.15, 0.2) is 0 Å². The van der Waals surface area contributed by atoms with Crippen molar-refractivity contribution < 1.29 is 0 Å². The van der Waals surface area contributed by atoms with Gasteiger partial charge in [0.2, 0.25) is 0 Å². The highest BCUT2D eigenvalue weighted by molar-refractivity contribution is 6.24. The topological polar surface area (TPSA) is 0 Å². The number of rotatable bonds is 5. The molecule has 84 valence electrons. The van der Waals surface area contributed by atoms with Gasteiger partial charge in [0.25, 0.3) is 0 Å². The van der Waals surface area contributed by atoms with Gasteiger partial charge in [-0.1, -0.05) is 57.5 Å². The average molecular weight is 225 g/mol. The van der Waals surface area contributed by atoms with Crippen LogP contribution >= 0.6 is 11.6 Å². The van der Waals surface area contributed by atoms with E-state index in [9.17, 15) is 0 Å². The zero-order valence-electron chi connectivity index (χ0n) is 9.96. The third kappa shape index (κ3) is 3.53. The molecule has 0 bridgehead atoms. The summed E-state index contributed by atoms with van der Waals surface area (Å²) in [6, 6.07) is 10.5. The monoisotopic (exact) mass is 224 g/mol. The van der Waals surface area contributed by atoms with Gasteiger partial charge in [-0.05, 0) is 24.3 Å². The molecule has 0 N–H and O–H groups in total. The molecule has 0 aliphatic carbocycles. The van der Waals surface area contributed by atoms with E-state index in [1.54, 1.807) is 0 Å². The maximum absolute atomic E-state index is 6.76. The van der Waals surface area contributed by atoms with Crippen LogP contribution in [0.25, 0.3) is 0 Å². The molecule has 0 nitrogen and oxygen atoms in total. The summed E-state index contributed by atoms with van der Waals surface area (Å²) in [7, 11) is 0. The van der Waals surface area contributed by atoms with Crippen molar-refractivity contribution in [3.05, 3.63) is 35.9 Å². The Morgan fingerprint density at radius 3 is 2.27 bits per heavy atom. The SMILES string of the molecule is CCCC(Cl)(CC(C)C)c1ccccc1. The summed E-state index contributed by atoms with van der Waals surface area (Å²) in [5, 5.41) is 0. The normalized spacial score (nSPS) is 15.3. The molecule has 0 heterocycles. The summed E-state index contributed by atoms with van der Waals surface area (Å²) in [5.41, 5.74) is 1.27. The third-order valence-corrected chi connectivity index (χ3v) is 3.23. The van der Waals surface area contributed by atoms with Crippen LogP contribution in [0.2, 0.25) is 0 Å². The first-order valence-electron chi connectivity index (χ1n) is 5.83. The largest absolute Gasteiger partial charge is 0.114 e. The zero-order chi connectivity index (χ0) is 11.3. The second-order valence-electron chi connectivity index (χ2n) is 4.68. The number of benzene rings is 1. The average Bonchev–Trinajstić information content (AvgIpc) is 2.18. The molecular formula is C14H21Cl. The predicted molar refractivity (Wildman–Crippen MR) is 68.3 cm³/mol. The highest BCUT2D eigenvalue weighted by Gasteiger charge is 2.29. The number of halogens is 1. The second-order valence-corrected chi connectivity index (χ2v) is 5.40. The van der Waals surface area contributed by atoms with Crippen molar-refractivity contribution in [2.45, 2.75) is 44.9 Å². The molecule has 0 spiro atoms. The summed E-state index contributed by atoms with van der Waals surface area (Å²) in [4.78, 5) is -0.163. The fourth-order valence-electron chi connectivity index (χ4n) is 2.14. The van der Waals surface area contributed by atoms with Gasteiger partial charge in [0.05, 0.1) is 4.87 Å². The molecule has 0 aliphatic rings. The van der Waals surface area contributed by atoms with Gasteiger partial charge in [-0.2, -0.15) is 0 Å². The molecule has 0 amide bonds. The lowest BCUT2D eigenvalue weighted by Gasteiger charge is -2.29. The van der Waals surface area contributed by atoms with Crippen molar-refractivity contribution in [2.75, 3.05) is 0 Å². The molecule has 1 heteroatoms. The summed E-state index contributed by atoms with van der Waals surface area (Å²) >= 11 is 6.76. The van der Waals surface area contributed by atoms with E-state index in [0.29, 0.717) is 5.92 Å². The molecule has 0 saturated heterocycles. The molecule has 0 radical (unpaired) electrons. The van der Waals surface area contributed by atoms with Crippen LogP contribution in [0.4, 0.5) is 0 Å². The van der Waals surface area contributed by atoms with Crippen molar-refractivity contribution in [1.82, 2.24) is 0 Å². The quantitative estimate of drug-likeness (QED) is 0.620. The molecule has 0 aliphatic heterocycles. The highest BCUT2D eigenvalue weighted by Crippen LogP contribution is 2.39. The summed E-state index contributed by atoms with van der Waals surface area (Å²) in [6.07, 6.45) is 3.23. The Morgan fingerprint density at radius 1 is 1.20 bits per heavy atom. The smallest absolute Gasteiger partial charge is 0.0697 e. The minimum atomic E-state index is -0.163. The van der Waals surface area contributed by atoms with E-state index in [1.165, 1.54) is 5.56 Å². The van der Waals surface area contributed by atoms with Gasteiger partial charge in [0, 0.05) is 0 Å². The standard InChI is InChI=1S/C14H21Cl/c1-4-10-14(15,11-12(2)3)13-8-6-5-7-9-13/h5-9,12H,4,10-11H2,1-3H3. The Morgan fingerprint density at radius 2 is 1.80 bits per heavy atom. The Labute approximate surface area is 98.7 Å². The van der Waals surface area contributed by atoms with Crippen LogP contribution in [0.1, 0.15) is 45.6 Å². The lowest BCUT2D eigenvalue weighted by atomic mass is 9.86. The Bertz CT molecular complexity index is 279. The van der Waals surface area contributed by atoms with Crippen molar-refractivity contribution in [1.29, 1.82) is 0 Å². The molecule has 1 aromatic rings. The number of hydrogen-bond acceptors (Lipinski definition) is 0. The molecule has 1 atom stereocenters. The predicted octanol–water partition coefficient (Wildman–Crippen LogP) is 4.97. The van der Waals surface area contributed by atoms with Crippen LogP contribution in [0.15, 0.2) is 30.3 Å². The van der Waals surface area contributed by atoms with Crippen LogP contribution in [-0.2, 0) is 4.87 Å². The second kappa shape index (κ2) is 5.55. The van der Waals surface area contributed by atoms with Gasteiger partial charge in [-0.25, -0.2) is 0 Å². The minimum absolute atomic E-state index is 0.163. The number of alkyl halides is 1. The summed E-state index contributed by atoms with van der Waals surface area (Å²) in [6.45, 7) is 6.66. The lowest BCUT2D eigenvalue weighted by Crippen LogP contribution is -2.20. The Kier molecular flexibility index (Phi) is 4.66. The van der Waals surface area contributed by atoms with E-state index in [4.69, 9.17) is 11.6 Å². The van der Waals surface area contributed by atoms with Gasteiger partial charge >= 0.3 is 0 Å². The van der Waals surface area contributed by atoms with Crippen LogP contribution in [-0.4, -0.2) is 0 Å². The van der Waals surface area contributed by atoms with Crippen molar-refractivity contribution in [3.63, 3.8) is 0 Å². The molecule has 15 heavy (non-hydrogen) atoms. The van der Waals surface area contributed by atoms with E-state index in [1.807, 2.05) is 6.07 Å². The van der Waals surface area contributed by atoms with Crippen molar-refractivity contribution >= 4 is 11.6 Å². The zero-order valence-corrected chi connectivity index (χ0v) is 10.7. The van der Waals surface area contributed by atoms with Crippen LogP contribution in [0.3, 0.4) is 0 Å². The van der Waals surface area contributed by atoms with Crippen molar-refractivity contribution in [2.24, 2.45) is 5.92 Å². The molecule has 0 saturated carbocycles. The Balaban J connectivity index is 2.90.